The Morgan fingerprint density at radius 3 is 3.12 bits per heavy atom. The molecule has 1 nitrogen and oxygen atoms in total. The first kappa shape index (κ1) is 6.43. The van der Waals surface area contributed by atoms with Gasteiger partial charge in [0.2, 0.25) is 0 Å². The molecule has 0 amide bonds. The van der Waals surface area contributed by atoms with Gasteiger partial charge in [-0.05, 0) is 18.7 Å². The van der Waals surface area contributed by atoms with Crippen molar-refractivity contribution in [3.63, 3.8) is 0 Å². The standard InChI is InChI=1S/C6H13NS/c1-2-8-6-3-4-7-5-6/h6-7H,2-5H2,1H3/t6-/m0/s1. The Bertz CT molecular complexity index is 59.5. The molecule has 0 spiro atoms. The molecule has 8 heavy (non-hydrogen) atoms. The van der Waals surface area contributed by atoms with Gasteiger partial charge in [0.25, 0.3) is 0 Å². The fraction of sp³-hybridized carbons (Fsp3) is 1.00. The third kappa shape index (κ3) is 1.67. The van der Waals surface area contributed by atoms with E-state index in [1.165, 1.54) is 25.3 Å². The van der Waals surface area contributed by atoms with Crippen LogP contribution in [0.15, 0.2) is 0 Å². The summed E-state index contributed by atoms with van der Waals surface area (Å²) in [6.45, 7) is 4.69. The highest BCUT2D eigenvalue weighted by Gasteiger charge is 2.12. The summed E-state index contributed by atoms with van der Waals surface area (Å²) in [5.41, 5.74) is 0. The zero-order valence-electron chi connectivity index (χ0n) is 5.31. The summed E-state index contributed by atoms with van der Waals surface area (Å²) in [6.07, 6.45) is 1.37. The van der Waals surface area contributed by atoms with Gasteiger partial charge in [0.1, 0.15) is 0 Å². The zero-order chi connectivity index (χ0) is 5.82. The molecule has 0 aromatic carbocycles. The average Bonchev–Trinajstić information content (AvgIpc) is 2.19. The first-order valence-corrected chi connectivity index (χ1v) is 4.30. The molecule has 0 saturated carbocycles. The molecule has 48 valence electrons. The van der Waals surface area contributed by atoms with Crippen LogP contribution < -0.4 is 5.32 Å². The van der Waals surface area contributed by atoms with Gasteiger partial charge in [-0.2, -0.15) is 11.8 Å². The van der Waals surface area contributed by atoms with Crippen LogP contribution in [0.25, 0.3) is 0 Å². The molecule has 1 atom stereocenters. The molecular formula is C6H13NS. The second-order valence-corrected chi connectivity index (χ2v) is 3.65. The summed E-state index contributed by atoms with van der Waals surface area (Å²) >= 11 is 2.08. The zero-order valence-corrected chi connectivity index (χ0v) is 6.13. The van der Waals surface area contributed by atoms with Crippen LogP contribution in [0.3, 0.4) is 0 Å². The van der Waals surface area contributed by atoms with Gasteiger partial charge in [0, 0.05) is 11.8 Å². The largest absolute Gasteiger partial charge is 0.316 e. The van der Waals surface area contributed by atoms with Gasteiger partial charge in [-0.25, -0.2) is 0 Å². The minimum Gasteiger partial charge on any atom is -0.316 e. The fourth-order valence-corrected chi connectivity index (χ4v) is 2.00. The molecule has 0 unspecified atom stereocenters. The summed E-state index contributed by atoms with van der Waals surface area (Å²) in [4.78, 5) is 0. The Morgan fingerprint density at radius 2 is 2.62 bits per heavy atom. The normalized spacial score (nSPS) is 28.9. The molecular weight excluding hydrogens is 118 g/mol. The molecule has 1 heterocycles. The molecule has 1 fully saturated rings. The van der Waals surface area contributed by atoms with Crippen LogP contribution in [0.1, 0.15) is 13.3 Å². The van der Waals surface area contributed by atoms with Crippen molar-refractivity contribution in [3.8, 4) is 0 Å². The highest BCUT2D eigenvalue weighted by atomic mass is 32.2. The van der Waals surface area contributed by atoms with E-state index in [-0.39, 0.29) is 0 Å². The second kappa shape index (κ2) is 3.36. The Hall–Kier alpha value is 0.310. The summed E-state index contributed by atoms with van der Waals surface area (Å²) < 4.78 is 0. The van der Waals surface area contributed by atoms with Crippen molar-refractivity contribution < 1.29 is 0 Å². The number of thioether (sulfide) groups is 1. The Balaban J connectivity index is 2.06. The lowest BCUT2D eigenvalue weighted by atomic mass is 10.4. The van der Waals surface area contributed by atoms with Gasteiger partial charge >= 0.3 is 0 Å². The minimum absolute atomic E-state index is 0.917. The third-order valence-corrected chi connectivity index (χ3v) is 2.62. The number of hydrogen-bond donors (Lipinski definition) is 1. The van der Waals surface area contributed by atoms with Crippen molar-refractivity contribution in [3.05, 3.63) is 0 Å². The van der Waals surface area contributed by atoms with Gasteiger partial charge in [-0.15, -0.1) is 0 Å². The number of hydrogen-bond acceptors (Lipinski definition) is 2. The maximum Gasteiger partial charge on any atom is 0.0184 e. The fourth-order valence-electron chi connectivity index (χ4n) is 1.01. The van der Waals surface area contributed by atoms with Gasteiger partial charge in [-0.1, -0.05) is 6.92 Å². The molecule has 0 bridgehead atoms. The van der Waals surface area contributed by atoms with Gasteiger partial charge in [0.05, 0.1) is 0 Å². The van der Waals surface area contributed by atoms with Gasteiger partial charge in [-0.3, -0.25) is 0 Å². The van der Waals surface area contributed by atoms with Crippen LogP contribution >= 0.6 is 11.8 Å². The summed E-state index contributed by atoms with van der Waals surface area (Å²) in [5, 5.41) is 4.25. The van der Waals surface area contributed by atoms with Crippen LogP contribution in [0.4, 0.5) is 0 Å². The first-order valence-electron chi connectivity index (χ1n) is 3.26. The van der Waals surface area contributed by atoms with E-state index in [1.807, 2.05) is 0 Å². The van der Waals surface area contributed by atoms with E-state index in [0.29, 0.717) is 0 Å². The van der Waals surface area contributed by atoms with E-state index in [0.717, 1.165) is 5.25 Å². The average molecular weight is 131 g/mol. The number of nitrogens with one attached hydrogen (secondary N) is 1. The van der Waals surface area contributed by atoms with E-state index in [4.69, 9.17) is 0 Å². The van der Waals surface area contributed by atoms with E-state index in [1.54, 1.807) is 0 Å². The molecule has 1 aliphatic heterocycles. The molecule has 0 aromatic heterocycles. The summed E-state index contributed by atoms with van der Waals surface area (Å²) in [6, 6.07) is 0. The molecule has 1 N–H and O–H groups in total. The Labute approximate surface area is 55.2 Å². The smallest absolute Gasteiger partial charge is 0.0184 e. The van der Waals surface area contributed by atoms with Crippen molar-refractivity contribution >= 4 is 11.8 Å². The van der Waals surface area contributed by atoms with Crippen molar-refractivity contribution in [1.82, 2.24) is 5.32 Å². The van der Waals surface area contributed by atoms with Crippen molar-refractivity contribution in [2.24, 2.45) is 0 Å². The maximum atomic E-state index is 3.34. The van der Waals surface area contributed by atoms with Crippen LogP contribution in [-0.2, 0) is 0 Å². The minimum atomic E-state index is 0.917. The molecule has 1 rings (SSSR count). The monoisotopic (exact) mass is 131 g/mol. The highest BCUT2D eigenvalue weighted by molar-refractivity contribution is 7.99. The first-order chi connectivity index (χ1) is 3.93. The Kier molecular flexibility index (Phi) is 2.70. The third-order valence-electron chi connectivity index (χ3n) is 1.42. The topological polar surface area (TPSA) is 12.0 Å². The van der Waals surface area contributed by atoms with Crippen LogP contribution in [0.2, 0.25) is 0 Å². The van der Waals surface area contributed by atoms with Crippen molar-refractivity contribution in [1.29, 1.82) is 0 Å². The molecule has 0 aromatic rings. The van der Waals surface area contributed by atoms with E-state index in [2.05, 4.69) is 24.0 Å². The van der Waals surface area contributed by atoms with Crippen molar-refractivity contribution in [2.75, 3.05) is 18.8 Å². The van der Waals surface area contributed by atoms with Crippen LogP contribution in [0.5, 0.6) is 0 Å². The molecule has 2 heteroatoms. The molecule has 1 saturated heterocycles. The maximum absolute atomic E-state index is 3.34. The predicted molar refractivity (Wildman–Crippen MR) is 39.4 cm³/mol. The molecule has 0 aliphatic carbocycles. The lowest BCUT2D eigenvalue weighted by Crippen LogP contribution is -2.10. The van der Waals surface area contributed by atoms with Gasteiger partial charge in [0.15, 0.2) is 0 Å². The number of rotatable bonds is 2. The van der Waals surface area contributed by atoms with E-state index >= 15 is 0 Å². The quantitative estimate of drug-likeness (QED) is 0.602. The van der Waals surface area contributed by atoms with Crippen molar-refractivity contribution in [2.45, 2.75) is 18.6 Å². The molecule has 1 aliphatic rings. The lowest BCUT2D eigenvalue weighted by Gasteiger charge is -2.02. The van der Waals surface area contributed by atoms with E-state index < -0.39 is 0 Å². The van der Waals surface area contributed by atoms with Gasteiger partial charge < -0.3 is 5.32 Å². The van der Waals surface area contributed by atoms with E-state index in [9.17, 15) is 0 Å². The highest BCUT2D eigenvalue weighted by Crippen LogP contribution is 2.15. The van der Waals surface area contributed by atoms with Crippen LogP contribution in [-0.4, -0.2) is 24.1 Å². The molecule has 0 radical (unpaired) electrons. The SMILES string of the molecule is CCS[C@H]1CCNC1. The summed E-state index contributed by atoms with van der Waals surface area (Å²) in [5.74, 6) is 1.27. The lowest BCUT2D eigenvalue weighted by molar-refractivity contribution is 0.858. The Morgan fingerprint density at radius 1 is 1.75 bits per heavy atom. The predicted octanol–water partition coefficient (Wildman–Crippen LogP) is 1.10. The van der Waals surface area contributed by atoms with Crippen LogP contribution in [0, 0.1) is 0 Å². The second-order valence-electron chi connectivity index (χ2n) is 2.07. The summed E-state index contributed by atoms with van der Waals surface area (Å²) in [7, 11) is 0.